The maximum Gasteiger partial charge on any atom is 0.269 e. The van der Waals surface area contributed by atoms with Gasteiger partial charge in [-0.25, -0.2) is 0 Å². The lowest BCUT2D eigenvalue weighted by molar-refractivity contribution is -0.384. The molecule has 1 aromatic rings. The molecule has 1 saturated carbocycles. The minimum atomic E-state index is -1.40. The molecule has 5 atom stereocenters. The molecule has 1 aromatic carbocycles. The number of rotatable bonds is 3. The van der Waals surface area contributed by atoms with E-state index < -0.39 is 11.2 Å². The molecule has 4 rings (SSSR count). The van der Waals surface area contributed by atoms with Gasteiger partial charge in [0, 0.05) is 17.7 Å². The summed E-state index contributed by atoms with van der Waals surface area (Å²) in [6.45, 7) is 0. The zero-order valence-electron chi connectivity index (χ0n) is 12.0. The summed E-state index contributed by atoms with van der Waals surface area (Å²) in [5, 5.41) is 21.1. The Bertz CT molecular complexity index is 711. The summed E-state index contributed by atoms with van der Waals surface area (Å²) in [7, 11) is 0. The van der Waals surface area contributed by atoms with Gasteiger partial charge in [0.25, 0.3) is 5.69 Å². The third kappa shape index (κ3) is 1.86. The van der Waals surface area contributed by atoms with Gasteiger partial charge in [-0.2, -0.15) is 0 Å². The number of fused-ring (bicyclic) bond motifs is 5. The molecule has 2 amide bonds. The smallest absolute Gasteiger partial charge is 0.269 e. The Morgan fingerprint density at radius 1 is 1.09 bits per heavy atom. The van der Waals surface area contributed by atoms with Gasteiger partial charge in [-0.15, -0.1) is 0 Å². The Balaban J connectivity index is 1.62. The van der Waals surface area contributed by atoms with Crippen LogP contribution in [0.3, 0.4) is 0 Å². The fraction of sp³-hybridized carbons (Fsp3) is 0.375. The number of aliphatic hydroxyl groups is 1. The highest BCUT2D eigenvalue weighted by Crippen LogP contribution is 2.53. The van der Waals surface area contributed by atoms with Crippen molar-refractivity contribution in [3.05, 3.63) is 52.1 Å². The average molecular weight is 314 g/mol. The first kappa shape index (κ1) is 14.1. The monoisotopic (exact) mass is 314 g/mol. The summed E-state index contributed by atoms with van der Waals surface area (Å²) < 4.78 is 0. The van der Waals surface area contributed by atoms with Crippen LogP contribution in [-0.4, -0.2) is 26.7 Å². The minimum absolute atomic E-state index is 0.0792. The molecule has 23 heavy (non-hydrogen) atoms. The average Bonchev–Trinajstić information content (AvgIpc) is 3.21. The summed E-state index contributed by atoms with van der Waals surface area (Å²) in [6, 6.07) is 5.22. The van der Waals surface area contributed by atoms with Crippen LogP contribution in [0.15, 0.2) is 36.4 Å². The highest BCUT2D eigenvalue weighted by atomic mass is 16.6. The first-order valence-corrected chi connectivity index (χ1v) is 7.46. The Morgan fingerprint density at radius 2 is 1.61 bits per heavy atom. The molecule has 0 unspecified atom stereocenters. The van der Waals surface area contributed by atoms with Crippen LogP contribution in [0, 0.1) is 33.8 Å². The van der Waals surface area contributed by atoms with E-state index in [1.807, 2.05) is 12.2 Å². The van der Waals surface area contributed by atoms with Crippen LogP contribution in [0.2, 0.25) is 0 Å². The van der Waals surface area contributed by atoms with Crippen molar-refractivity contribution < 1.29 is 19.6 Å². The number of allylic oxidation sites excluding steroid dienone is 2. The standard InChI is InChI=1S/C16H14N2O5/c19-14(8-3-5-11(6-4-8)18(22)23)17-15(20)12-9-1-2-10(7-9)13(12)16(17)21/h1-6,9-10,12-14,19H,7H2/t9-,10-,12+,13+,14+/m0/s1. The number of imide groups is 1. The van der Waals surface area contributed by atoms with Crippen molar-refractivity contribution in [1.82, 2.24) is 4.90 Å². The highest BCUT2D eigenvalue weighted by molar-refractivity contribution is 6.06. The highest BCUT2D eigenvalue weighted by Gasteiger charge is 2.60. The molecule has 7 heteroatoms. The number of hydrogen-bond donors (Lipinski definition) is 1. The van der Waals surface area contributed by atoms with Gasteiger partial charge in [-0.3, -0.25) is 24.6 Å². The lowest BCUT2D eigenvalue weighted by Crippen LogP contribution is -2.36. The molecule has 0 radical (unpaired) electrons. The lowest BCUT2D eigenvalue weighted by Gasteiger charge is -2.23. The normalized spacial score (nSPS) is 32.5. The summed E-state index contributed by atoms with van der Waals surface area (Å²) in [4.78, 5) is 36.2. The quantitative estimate of drug-likeness (QED) is 0.393. The van der Waals surface area contributed by atoms with Crippen LogP contribution in [0.25, 0.3) is 0 Å². The van der Waals surface area contributed by atoms with Crippen LogP contribution in [0.4, 0.5) is 5.69 Å². The van der Waals surface area contributed by atoms with Crippen LogP contribution in [-0.2, 0) is 9.59 Å². The summed E-state index contributed by atoms with van der Waals surface area (Å²) >= 11 is 0. The number of carbonyl (C=O) groups is 2. The molecule has 3 aliphatic rings. The zero-order chi connectivity index (χ0) is 16.3. The fourth-order valence-corrected chi connectivity index (χ4v) is 4.08. The molecule has 118 valence electrons. The Morgan fingerprint density at radius 3 is 2.09 bits per heavy atom. The van der Waals surface area contributed by atoms with E-state index in [4.69, 9.17) is 0 Å². The second-order valence-electron chi connectivity index (χ2n) is 6.27. The number of amides is 2. The molecule has 2 aliphatic carbocycles. The van der Waals surface area contributed by atoms with Crippen LogP contribution in [0.1, 0.15) is 18.2 Å². The van der Waals surface area contributed by atoms with E-state index in [1.54, 1.807) is 0 Å². The first-order valence-electron chi connectivity index (χ1n) is 7.46. The van der Waals surface area contributed by atoms with Crippen molar-refractivity contribution in [2.45, 2.75) is 12.6 Å². The van der Waals surface area contributed by atoms with Crippen LogP contribution in [0.5, 0.6) is 0 Å². The number of nitrogens with zero attached hydrogens (tertiary/aromatic N) is 2. The lowest BCUT2D eigenvalue weighted by atomic mass is 9.85. The zero-order valence-corrected chi connectivity index (χ0v) is 12.0. The van der Waals surface area contributed by atoms with Crippen LogP contribution < -0.4 is 0 Å². The SMILES string of the molecule is O=C1[C@H]2[C@H](C(=O)N1[C@H](O)c1ccc([N+](=O)[O-])cc1)[C@H]1C=C[C@H]2C1. The molecule has 2 bridgehead atoms. The van der Waals surface area contributed by atoms with Crippen molar-refractivity contribution in [1.29, 1.82) is 0 Å². The number of likely N-dealkylation sites (tertiary alicyclic amines) is 1. The van der Waals surface area contributed by atoms with E-state index in [0.29, 0.717) is 0 Å². The third-order valence-corrected chi connectivity index (χ3v) is 5.15. The van der Waals surface area contributed by atoms with Crippen LogP contribution >= 0.6 is 0 Å². The predicted molar refractivity (Wildman–Crippen MR) is 77.6 cm³/mol. The molecule has 2 fully saturated rings. The summed E-state index contributed by atoms with van der Waals surface area (Å²) in [5.41, 5.74) is 0.178. The van der Waals surface area contributed by atoms with Crippen molar-refractivity contribution in [2.75, 3.05) is 0 Å². The minimum Gasteiger partial charge on any atom is -0.369 e. The number of non-ortho nitro benzene ring substituents is 1. The second kappa shape index (κ2) is 4.73. The molecule has 0 spiro atoms. The topological polar surface area (TPSA) is 101 Å². The van der Waals surface area contributed by atoms with E-state index in [1.165, 1.54) is 24.3 Å². The number of nitro benzene ring substituents is 1. The van der Waals surface area contributed by atoms with Gasteiger partial charge in [-0.1, -0.05) is 12.2 Å². The fourth-order valence-electron chi connectivity index (χ4n) is 4.08. The van der Waals surface area contributed by atoms with Gasteiger partial charge in [0.15, 0.2) is 6.23 Å². The van der Waals surface area contributed by atoms with E-state index in [0.717, 1.165) is 11.3 Å². The second-order valence-corrected chi connectivity index (χ2v) is 6.27. The molecule has 7 nitrogen and oxygen atoms in total. The number of carbonyl (C=O) groups excluding carboxylic acids is 2. The van der Waals surface area contributed by atoms with Crippen molar-refractivity contribution in [3.63, 3.8) is 0 Å². The molecule has 1 N–H and O–H groups in total. The van der Waals surface area contributed by atoms with E-state index in [9.17, 15) is 24.8 Å². The molecule has 1 heterocycles. The molecular formula is C16H14N2O5. The number of aliphatic hydroxyl groups excluding tert-OH is 1. The van der Waals surface area contributed by atoms with E-state index in [-0.39, 0.29) is 46.7 Å². The molecule has 1 saturated heterocycles. The first-order chi connectivity index (χ1) is 11.0. The van der Waals surface area contributed by atoms with E-state index >= 15 is 0 Å². The molecule has 0 aromatic heterocycles. The maximum absolute atomic E-state index is 12.6. The number of nitro groups is 1. The summed E-state index contributed by atoms with van der Waals surface area (Å²) in [6.07, 6.45) is 3.40. The maximum atomic E-state index is 12.6. The summed E-state index contributed by atoms with van der Waals surface area (Å²) in [5.74, 6) is -1.27. The van der Waals surface area contributed by atoms with E-state index in [2.05, 4.69) is 0 Å². The van der Waals surface area contributed by atoms with Crippen molar-refractivity contribution >= 4 is 17.5 Å². The Labute approximate surface area is 131 Å². The van der Waals surface area contributed by atoms with Gasteiger partial charge in [0.1, 0.15) is 0 Å². The largest absolute Gasteiger partial charge is 0.369 e. The Kier molecular flexibility index (Phi) is 2.89. The van der Waals surface area contributed by atoms with Crippen molar-refractivity contribution in [3.8, 4) is 0 Å². The molecular weight excluding hydrogens is 300 g/mol. The van der Waals surface area contributed by atoms with Crippen molar-refractivity contribution in [2.24, 2.45) is 23.7 Å². The number of benzene rings is 1. The molecule has 1 aliphatic heterocycles. The number of hydrogen-bond acceptors (Lipinski definition) is 5. The predicted octanol–water partition coefficient (Wildman–Crippen LogP) is 1.39. The Hall–Kier alpha value is -2.54. The third-order valence-electron chi connectivity index (χ3n) is 5.15. The van der Waals surface area contributed by atoms with Gasteiger partial charge < -0.3 is 5.11 Å². The van der Waals surface area contributed by atoms with Gasteiger partial charge in [-0.05, 0) is 30.4 Å². The van der Waals surface area contributed by atoms with Gasteiger partial charge >= 0.3 is 0 Å². The van der Waals surface area contributed by atoms with Gasteiger partial charge in [0.2, 0.25) is 11.8 Å². The van der Waals surface area contributed by atoms with Gasteiger partial charge in [0.05, 0.1) is 16.8 Å².